The van der Waals surface area contributed by atoms with Crippen molar-refractivity contribution in [2.75, 3.05) is 38.7 Å². The van der Waals surface area contributed by atoms with E-state index in [0.29, 0.717) is 18.0 Å². The van der Waals surface area contributed by atoms with E-state index >= 15 is 0 Å². The number of ether oxygens (including phenoxy) is 1. The zero-order valence-corrected chi connectivity index (χ0v) is 12.1. The molecule has 0 spiro atoms. The fraction of sp³-hybridized carbons (Fsp3) is 0.846. The first-order chi connectivity index (χ1) is 9.19. The van der Waals surface area contributed by atoms with Gasteiger partial charge in [0.1, 0.15) is 0 Å². The third-order valence-electron chi connectivity index (χ3n) is 3.40. The van der Waals surface area contributed by atoms with Crippen LogP contribution >= 0.6 is 0 Å². The molecule has 0 bridgehead atoms. The van der Waals surface area contributed by atoms with Gasteiger partial charge >= 0.3 is 6.01 Å². The van der Waals surface area contributed by atoms with Gasteiger partial charge in [-0.15, -0.1) is 0 Å². The monoisotopic (exact) mass is 268 g/mol. The van der Waals surface area contributed by atoms with E-state index in [9.17, 15) is 0 Å². The Kier molecular flexibility index (Phi) is 5.15. The number of rotatable bonds is 6. The molecule has 1 fully saturated rings. The van der Waals surface area contributed by atoms with Crippen molar-refractivity contribution >= 4 is 6.01 Å². The van der Waals surface area contributed by atoms with Gasteiger partial charge in [0.05, 0.1) is 6.61 Å². The van der Waals surface area contributed by atoms with Crippen LogP contribution in [-0.4, -0.2) is 54.4 Å². The quantitative estimate of drug-likeness (QED) is 0.847. The van der Waals surface area contributed by atoms with E-state index in [1.165, 1.54) is 6.42 Å². The Morgan fingerprint density at radius 1 is 1.53 bits per heavy atom. The number of anilines is 1. The molecule has 1 saturated heterocycles. The highest BCUT2D eigenvalue weighted by molar-refractivity contribution is 5.21. The van der Waals surface area contributed by atoms with E-state index in [1.54, 1.807) is 7.11 Å². The van der Waals surface area contributed by atoms with Gasteiger partial charge in [0.25, 0.3) is 0 Å². The van der Waals surface area contributed by atoms with E-state index in [0.717, 1.165) is 38.5 Å². The largest absolute Gasteiger partial charge is 0.383 e. The van der Waals surface area contributed by atoms with Gasteiger partial charge in [-0.1, -0.05) is 19.0 Å². The van der Waals surface area contributed by atoms with Crippen molar-refractivity contribution in [3.8, 4) is 0 Å². The minimum absolute atomic E-state index is 0.295. The maximum absolute atomic E-state index is 5.23. The lowest BCUT2D eigenvalue weighted by Gasteiger charge is -2.32. The Balaban J connectivity index is 1.84. The van der Waals surface area contributed by atoms with E-state index < -0.39 is 0 Å². The molecule has 6 nitrogen and oxygen atoms in total. The number of likely N-dealkylation sites (tertiary alicyclic amines) is 1. The molecule has 1 atom stereocenters. The lowest BCUT2D eigenvalue weighted by molar-refractivity contribution is 0.131. The van der Waals surface area contributed by atoms with Gasteiger partial charge in [-0.05, 0) is 19.4 Å². The average molecular weight is 268 g/mol. The number of piperidine rings is 1. The molecule has 108 valence electrons. The van der Waals surface area contributed by atoms with Crippen molar-refractivity contribution in [2.24, 2.45) is 0 Å². The summed E-state index contributed by atoms with van der Waals surface area (Å²) in [5.41, 5.74) is 0. The Morgan fingerprint density at radius 2 is 2.37 bits per heavy atom. The molecular formula is C13H24N4O2. The molecule has 2 heterocycles. The zero-order valence-electron chi connectivity index (χ0n) is 12.1. The van der Waals surface area contributed by atoms with Crippen molar-refractivity contribution in [1.82, 2.24) is 15.0 Å². The third kappa shape index (κ3) is 4.18. The second-order valence-electron chi connectivity index (χ2n) is 5.39. The lowest BCUT2D eigenvalue weighted by Crippen LogP contribution is -2.43. The minimum atomic E-state index is 0.295. The summed E-state index contributed by atoms with van der Waals surface area (Å²) in [6, 6.07) is 0.924. The van der Waals surface area contributed by atoms with Gasteiger partial charge in [-0.3, -0.25) is 4.90 Å². The van der Waals surface area contributed by atoms with Crippen molar-refractivity contribution in [2.45, 2.75) is 38.6 Å². The normalized spacial score (nSPS) is 20.9. The van der Waals surface area contributed by atoms with Crippen LogP contribution < -0.4 is 5.32 Å². The van der Waals surface area contributed by atoms with Gasteiger partial charge < -0.3 is 14.6 Å². The van der Waals surface area contributed by atoms with E-state index in [-0.39, 0.29) is 0 Å². The highest BCUT2D eigenvalue weighted by Crippen LogP contribution is 2.17. The predicted molar refractivity (Wildman–Crippen MR) is 73.3 cm³/mol. The minimum Gasteiger partial charge on any atom is -0.383 e. The van der Waals surface area contributed by atoms with E-state index in [2.05, 4.69) is 34.2 Å². The molecule has 0 aromatic carbocycles. The zero-order chi connectivity index (χ0) is 13.7. The molecule has 0 amide bonds. The van der Waals surface area contributed by atoms with Crippen LogP contribution in [0.2, 0.25) is 0 Å². The molecule has 0 radical (unpaired) electrons. The Hall–Kier alpha value is -1.14. The lowest BCUT2D eigenvalue weighted by atomic mass is 10.1. The van der Waals surface area contributed by atoms with Crippen LogP contribution in [0.25, 0.3) is 0 Å². The second-order valence-corrected chi connectivity index (χ2v) is 5.39. The smallest absolute Gasteiger partial charge is 0.321 e. The van der Waals surface area contributed by atoms with Crippen molar-refractivity contribution in [1.29, 1.82) is 0 Å². The Morgan fingerprint density at radius 3 is 3.05 bits per heavy atom. The van der Waals surface area contributed by atoms with Crippen LogP contribution in [0.4, 0.5) is 6.01 Å². The Bertz CT molecular complexity index is 380. The SMILES string of the molecule is COCCN1CCC[C@@H](Nc2nc(C(C)C)no2)C1. The van der Waals surface area contributed by atoms with Crippen LogP contribution in [0.5, 0.6) is 0 Å². The number of aromatic nitrogens is 2. The molecule has 1 aromatic rings. The molecule has 1 aliphatic rings. The second kappa shape index (κ2) is 6.86. The molecule has 2 rings (SSSR count). The summed E-state index contributed by atoms with van der Waals surface area (Å²) in [6.45, 7) is 8.02. The van der Waals surface area contributed by atoms with E-state index in [1.807, 2.05) is 0 Å². The number of hydrogen-bond donors (Lipinski definition) is 1. The summed E-state index contributed by atoms with van der Waals surface area (Å²) in [7, 11) is 1.74. The third-order valence-corrected chi connectivity index (χ3v) is 3.40. The van der Waals surface area contributed by atoms with Gasteiger partial charge in [0.15, 0.2) is 5.82 Å². The van der Waals surface area contributed by atoms with Crippen LogP contribution in [0, 0.1) is 0 Å². The van der Waals surface area contributed by atoms with Crippen molar-refractivity contribution in [3.63, 3.8) is 0 Å². The topological polar surface area (TPSA) is 63.4 Å². The molecule has 1 N–H and O–H groups in total. The molecule has 0 aliphatic carbocycles. The fourth-order valence-electron chi connectivity index (χ4n) is 2.30. The Labute approximate surface area is 114 Å². The molecule has 1 aliphatic heterocycles. The van der Waals surface area contributed by atoms with Crippen molar-refractivity contribution < 1.29 is 9.26 Å². The average Bonchev–Trinajstić information content (AvgIpc) is 2.85. The standard InChI is InChI=1S/C13H24N4O2/c1-10(2)12-15-13(19-16-12)14-11-5-4-6-17(9-11)7-8-18-3/h10-11H,4-9H2,1-3H3,(H,14,15,16)/t11-/m1/s1. The maximum atomic E-state index is 5.23. The first kappa shape index (κ1) is 14.3. The molecular weight excluding hydrogens is 244 g/mol. The van der Waals surface area contributed by atoms with Crippen LogP contribution in [-0.2, 0) is 4.74 Å². The molecule has 1 aromatic heterocycles. The summed E-state index contributed by atoms with van der Waals surface area (Å²) in [5.74, 6) is 1.05. The molecule has 6 heteroatoms. The number of hydrogen-bond acceptors (Lipinski definition) is 6. The predicted octanol–water partition coefficient (Wildman–Crippen LogP) is 1.72. The number of nitrogens with zero attached hydrogens (tertiary/aromatic N) is 3. The van der Waals surface area contributed by atoms with Gasteiger partial charge in [0.2, 0.25) is 0 Å². The summed E-state index contributed by atoms with van der Waals surface area (Å²) in [4.78, 5) is 6.77. The van der Waals surface area contributed by atoms with Gasteiger partial charge in [-0.2, -0.15) is 4.98 Å². The first-order valence-electron chi connectivity index (χ1n) is 7.00. The fourth-order valence-corrected chi connectivity index (χ4v) is 2.30. The van der Waals surface area contributed by atoms with Gasteiger partial charge in [0, 0.05) is 32.2 Å². The van der Waals surface area contributed by atoms with Gasteiger partial charge in [-0.25, -0.2) is 0 Å². The summed E-state index contributed by atoms with van der Waals surface area (Å²) >= 11 is 0. The van der Waals surface area contributed by atoms with Crippen molar-refractivity contribution in [3.05, 3.63) is 5.82 Å². The van der Waals surface area contributed by atoms with Crippen LogP contribution in [0.1, 0.15) is 38.4 Å². The number of methoxy groups -OCH3 is 1. The maximum Gasteiger partial charge on any atom is 0.321 e. The highest BCUT2D eigenvalue weighted by Gasteiger charge is 2.21. The number of nitrogens with one attached hydrogen (secondary N) is 1. The molecule has 0 unspecified atom stereocenters. The molecule has 19 heavy (non-hydrogen) atoms. The van der Waals surface area contributed by atoms with Crippen LogP contribution in [0.15, 0.2) is 4.52 Å². The molecule has 0 saturated carbocycles. The summed E-state index contributed by atoms with van der Waals surface area (Å²) in [6.07, 6.45) is 2.33. The van der Waals surface area contributed by atoms with E-state index in [4.69, 9.17) is 9.26 Å². The summed E-state index contributed by atoms with van der Waals surface area (Å²) < 4.78 is 10.4. The highest BCUT2D eigenvalue weighted by atomic mass is 16.5. The van der Waals surface area contributed by atoms with Crippen LogP contribution in [0.3, 0.4) is 0 Å². The summed E-state index contributed by atoms with van der Waals surface area (Å²) in [5, 5.41) is 7.31. The first-order valence-corrected chi connectivity index (χ1v) is 7.00.